The number of alkyl halides is 6. The van der Waals surface area contributed by atoms with Crippen molar-refractivity contribution >= 4 is 69.6 Å². The van der Waals surface area contributed by atoms with Gasteiger partial charge in [-0.1, -0.05) is 87.8 Å². The van der Waals surface area contributed by atoms with E-state index < -0.39 is 7.59 Å². The fourth-order valence-corrected chi connectivity index (χ4v) is 2.70. The molecule has 0 aliphatic carbocycles. The molecular weight excluding hydrogens is 361 g/mol. The van der Waals surface area contributed by atoms with Crippen molar-refractivity contribution in [1.29, 1.82) is 0 Å². The van der Waals surface area contributed by atoms with E-state index >= 15 is 0 Å². The Morgan fingerprint density at radius 1 is 0.889 bits per heavy atom. The Kier molecular flexibility index (Phi) is 6.21. The fraction of sp³-hybridized carbons (Fsp3) is 0.455. The van der Waals surface area contributed by atoms with Crippen LogP contribution in [0.4, 0.5) is 0 Å². The molecule has 0 unspecified atom stereocenters. The van der Waals surface area contributed by atoms with Gasteiger partial charge < -0.3 is 0 Å². The smallest absolute Gasteiger partial charge is 0.216 e. The second kappa shape index (κ2) is 6.58. The van der Waals surface area contributed by atoms with Gasteiger partial charge in [-0.05, 0) is 18.4 Å². The molecule has 0 amide bonds. The summed E-state index contributed by atoms with van der Waals surface area (Å²) >= 11 is 35.3. The average Bonchev–Trinajstić information content (AvgIpc) is 2.23. The molecule has 0 spiro atoms. The van der Waals surface area contributed by atoms with Crippen LogP contribution >= 0.6 is 69.6 Å². The number of hydrogen-bond acceptors (Lipinski definition) is 0. The van der Waals surface area contributed by atoms with Crippen LogP contribution in [0.3, 0.4) is 0 Å². The Morgan fingerprint density at radius 2 is 1.33 bits per heavy atom. The lowest BCUT2D eigenvalue weighted by atomic mass is 9.98. The van der Waals surface area contributed by atoms with E-state index in [9.17, 15) is 5.11 Å². The predicted octanol–water partition coefficient (Wildman–Crippen LogP) is 5.70. The lowest BCUT2D eigenvalue weighted by Crippen LogP contribution is -2.13. The predicted molar refractivity (Wildman–Crippen MR) is 78.8 cm³/mol. The van der Waals surface area contributed by atoms with Crippen molar-refractivity contribution in [2.24, 2.45) is 0 Å². The van der Waals surface area contributed by atoms with Crippen LogP contribution in [0.25, 0.3) is 0 Å². The zero-order chi connectivity index (χ0) is 14.0. The normalized spacial score (nSPS) is 12.8. The molecule has 1 rings (SSSR count). The molecule has 0 heterocycles. The molecule has 7 heteroatoms. The van der Waals surface area contributed by atoms with E-state index in [2.05, 4.69) is 0 Å². The van der Waals surface area contributed by atoms with E-state index in [1.165, 1.54) is 0 Å². The van der Waals surface area contributed by atoms with Gasteiger partial charge in [-0.2, -0.15) is 0 Å². The molecular formula is C11H9Cl6O. The molecule has 0 aliphatic rings. The van der Waals surface area contributed by atoms with Gasteiger partial charge in [-0.3, -0.25) is 0 Å². The summed E-state index contributed by atoms with van der Waals surface area (Å²) in [6, 6.07) is 4.94. The van der Waals surface area contributed by atoms with Gasteiger partial charge in [0.15, 0.2) is 0 Å². The summed E-state index contributed by atoms with van der Waals surface area (Å²) in [4.78, 5) is 0. The van der Waals surface area contributed by atoms with Crippen LogP contribution in [0.1, 0.15) is 23.1 Å². The fourth-order valence-electron chi connectivity index (χ4n) is 1.64. The highest BCUT2D eigenvalue weighted by Crippen LogP contribution is 2.46. The molecule has 1 radical (unpaired) electrons. The molecule has 1 aromatic carbocycles. The highest BCUT2D eigenvalue weighted by Gasteiger charge is 2.32. The van der Waals surface area contributed by atoms with Gasteiger partial charge in [0.05, 0.1) is 6.61 Å². The van der Waals surface area contributed by atoms with Crippen LogP contribution in [0.15, 0.2) is 18.2 Å². The SMILES string of the molecule is [O]CCCc1c(C(Cl)(Cl)Cl)cccc1C(Cl)(Cl)Cl. The molecule has 1 nitrogen and oxygen atoms in total. The Labute approximate surface area is 136 Å². The minimum atomic E-state index is -1.62. The number of halogens is 6. The lowest BCUT2D eigenvalue weighted by Gasteiger charge is -2.23. The Balaban J connectivity index is 3.35. The van der Waals surface area contributed by atoms with Crippen LogP contribution < -0.4 is 0 Å². The first-order valence-corrected chi connectivity index (χ1v) is 7.29. The Hall–Kier alpha value is 0.920. The van der Waals surface area contributed by atoms with E-state index in [1.807, 2.05) is 0 Å². The Bertz CT molecular complexity index is 375. The summed E-state index contributed by atoms with van der Waals surface area (Å²) in [6.45, 7) is -0.243. The average molecular weight is 370 g/mol. The summed E-state index contributed by atoms with van der Waals surface area (Å²) in [5.74, 6) is 0. The van der Waals surface area contributed by atoms with Crippen molar-refractivity contribution in [3.63, 3.8) is 0 Å². The monoisotopic (exact) mass is 367 g/mol. The number of rotatable bonds is 3. The van der Waals surface area contributed by atoms with Gasteiger partial charge in [0, 0.05) is 11.1 Å². The highest BCUT2D eigenvalue weighted by molar-refractivity contribution is 6.67. The maximum atomic E-state index is 10.6. The van der Waals surface area contributed by atoms with E-state index in [-0.39, 0.29) is 6.61 Å². The maximum absolute atomic E-state index is 10.6. The highest BCUT2D eigenvalue weighted by atomic mass is 35.6. The van der Waals surface area contributed by atoms with Gasteiger partial charge in [-0.25, -0.2) is 5.11 Å². The van der Waals surface area contributed by atoms with Crippen molar-refractivity contribution < 1.29 is 5.11 Å². The second-order valence-electron chi connectivity index (χ2n) is 3.63. The molecule has 0 N–H and O–H groups in total. The van der Waals surface area contributed by atoms with Gasteiger partial charge in [0.2, 0.25) is 7.59 Å². The van der Waals surface area contributed by atoms with Crippen LogP contribution in [-0.2, 0) is 19.1 Å². The van der Waals surface area contributed by atoms with E-state index in [0.717, 1.165) is 0 Å². The Morgan fingerprint density at radius 3 is 1.67 bits per heavy atom. The third-order valence-electron chi connectivity index (χ3n) is 2.36. The minimum Gasteiger partial charge on any atom is -0.237 e. The second-order valence-corrected chi connectivity index (χ2v) is 8.20. The molecule has 0 saturated heterocycles. The first-order valence-electron chi connectivity index (χ1n) is 5.02. The summed E-state index contributed by atoms with van der Waals surface area (Å²) in [5, 5.41) is 10.6. The van der Waals surface area contributed by atoms with Crippen molar-refractivity contribution in [1.82, 2.24) is 0 Å². The molecule has 1 aromatic rings. The molecule has 101 valence electrons. The topological polar surface area (TPSA) is 19.9 Å². The molecule has 0 atom stereocenters. The van der Waals surface area contributed by atoms with Crippen LogP contribution in [-0.4, -0.2) is 6.61 Å². The van der Waals surface area contributed by atoms with Crippen molar-refractivity contribution in [2.75, 3.05) is 6.61 Å². The van der Waals surface area contributed by atoms with E-state index in [4.69, 9.17) is 69.6 Å². The van der Waals surface area contributed by atoms with Gasteiger partial charge in [0.25, 0.3) is 0 Å². The molecule has 0 fully saturated rings. The minimum absolute atomic E-state index is 0.243. The van der Waals surface area contributed by atoms with Crippen LogP contribution in [0.5, 0.6) is 0 Å². The molecule has 0 bridgehead atoms. The van der Waals surface area contributed by atoms with Crippen LogP contribution in [0, 0.1) is 0 Å². The van der Waals surface area contributed by atoms with E-state index in [0.29, 0.717) is 29.5 Å². The van der Waals surface area contributed by atoms with Gasteiger partial charge in [-0.15, -0.1) is 0 Å². The number of hydrogen-bond donors (Lipinski definition) is 0. The zero-order valence-corrected chi connectivity index (χ0v) is 13.6. The molecule has 0 saturated carbocycles. The molecule has 18 heavy (non-hydrogen) atoms. The number of benzene rings is 1. The summed E-state index contributed by atoms with van der Waals surface area (Å²) < 4.78 is -3.24. The van der Waals surface area contributed by atoms with Gasteiger partial charge in [0.1, 0.15) is 0 Å². The first kappa shape index (κ1) is 17.0. The summed E-state index contributed by atoms with van der Waals surface area (Å²) in [7, 11) is 0. The third-order valence-corrected chi connectivity index (χ3v) is 3.58. The van der Waals surface area contributed by atoms with Crippen LogP contribution in [0.2, 0.25) is 0 Å². The quantitative estimate of drug-likeness (QED) is 0.609. The first-order chi connectivity index (χ1) is 8.18. The zero-order valence-electron chi connectivity index (χ0n) is 9.03. The lowest BCUT2D eigenvalue weighted by molar-refractivity contribution is 0.189. The maximum Gasteiger partial charge on any atom is 0.216 e. The largest absolute Gasteiger partial charge is 0.237 e. The van der Waals surface area contributed by atoms with Crippen molar-refractivity contribution in [3.05, 3.63) is 34.9 Å². The van der Waals surface area contributed by atoms with Crippen molar-refractivity contribution in [3.8, 4) is 0 Å². The molecule has 0 aliphatic heterocycles. The van der Waals surface area contributed by atoms with Crippen molar-refractivity contribution in [2.45, 2.75) is 20.4 Å². The third kappa shape index (κ3) is 4.49. The standard InChI is InChI=1S/C11H9Cl6O/c12-10(13,14)8-4-1-5-9(11(15,16)17)7(8)3-2-6-18/h1,4-5H,2-3,6H2. The summed E-state index contributed by atoms with van der Waals surface area (Å²) in [6.07, 6.45) is 0.780. The molecule has 0 aromatic heterocycles. The van der Waals surface area contributed by atoms with E-state index in [1.54, 1.807) is 18.2 Å². The van der Waals surface area contributed by atoms with Gasteiger partial charge >= 0.3 is 0 Å². The summed E-state index contributed by atoms with van der Waals surface area (Å²) in [5.41, 5.74) is 1.47.